The second kappa shape index (κ2) is 18.6. The van der Waals surface area contributed by atoms with Crippen LogP contribution in [0.3, 0.4) is 0 Å². The molecule has 11 aromatic rings. The summed E-state index contributed by atoms with van der Waals surface area (Å²) in [6.07, 6.45) is 19.2. The molecule has 400 valence electrons. The minimum atomic E-state index is -0.000605. The Hall–Kier alpha value is -7.40. The summed E-state index contributed by atoms with van der Waals surface area (Å²) in [5.41, 5.74) is 13.5. The van der Waals surface area contributed by atoms with Gasteiger partial charge in [0.1, 0.15) is 0 Å². The molecular formula is C79H79N. The third-order valence-electron chi connectivity index (χ3n) is 19.0. The Morgan fingerprint density at radius 3 is 1.80 bits per heavy atom. The number of anilines is 2. The number of aryl methyl sites for hydroxylation is 2. The van der Waals surface area contributed by atoms with Crippen LogP contribution in [0.4, 0.5) is 11.4 Å². The van der Waals surface area contributed by atoms with E-state index in [1.54, 1.807) is 0 Å². The molecule has 0 fully saturated rings. The van der Waals surface area contributed by atoms with E-state index in [0.29, 0.717) is 11.8 Å². The van der Waals surface area contributed by atoms with Gasteiger partial charge in [-0.2, -0.15) is 0 Å². The molecule has 1 nitrogen and oxygen atoms in total. The summed E-state index contributed by atoms with van der Waals surface area (Å²) in [5, 5.41) is 21.0. The van der Waals surface area contributed by atoms with E-state index in [0.717, 1.165) is 31.1 Å². The molecule has 0 saturated heterocycles. The molecule has 3 unspecified atom stereocenters. The minimum absolute atomic E-state index is 0.000605. The van der Waals surface area contributed by atoms with E-state index >= 15 is 0 Å². The van der Waals surface area contributed by atoms with Gasteiger partial charge in [-0.05, 0) is 218 Å². The fraction of sp³-hybridized carbons (Fsp3) is 0.316. The lowest BCUT2D eigenvalue weighted by atomic mass is 9.76. The third kappa shape index (κ3) is 8.41. The van der Waals surface area contributed by atoms with Crippen molar-refractivity contribution in [2.75, 3.05) is 4.90 Å². The molecule has 0 N–H and O–H groups in total. The van der Waals surface area contributed by atoms with Crippen molar-refractivity contribution < 1.29 is 0 Å². The molecule has 0 heterocycles. The summed E-state index contributed by atoms with van der Waals surface area (Å²) in [4.78, 5) is 2.70. The second-order valence-electron chi connectivity index (χ2n) is 28.3. The van der Waals surface area contributed by atoms with Crippen LogP contribution in [0.1, 0.15) is 148 Å². The average molecular weight is 1040 g/mol. The van der Waals surface area contributed by atoms with Gasteiger partial charge >= 0.3 is 0 Å². The van der Waals surface area contributed by atoms with Crippen LogP contribution in [0, 0.1) is 48.6 Å². The summed E-state index contributed by atoms with van der Waals surface area (Å²) in [6.45, 7) is 33.0. The third-order valence-corrected chi connectivity index (χ3v) is 19.0. The van der Waals surface area contributed by atoms with Crippen molar-refractivity contribution in [3.8, 4) is 0 Å². The molecule has 13 rings (SSSR count). The van der Waals surface area contributed by atoms with Crippen LogP contribution in [0.2, 0.25) is 0 Å². The monoisotopic (exact) mass is 1040 g/mol. The van der Waals surface area contributed by atoms with Gasteiger partial charge in [-0.3, -0.25) is 0 Å². The Morgan fingerprint density at radius 2 is 1.18 bits per heavy atom. The first kappa shape index (κ1) is 52.0. The molecule has 0 saturated carbocycles. The summed E-state index contributed by atoms with van der Waals surface area (Å²) in [7, 11) is 0. The van der Waals surface area contributed by atoms with Crippen LogP contribution in [0.25, 0.3) is 86.2 Å². The lowest BCUT2D eigenvalue weighted by Crippen LogP contribution is -2.23. The van der Waals surface area contributed by atoms with Gasteiger partial charge in [0, 0.05) is 33.5 Å². The van der Waals surface area contributed by atoms with E-state index < -0.39 is 0 Å². The number of benzene rings is 8. The van der Waals surface area contributed by atoms with E-state index in [9.17, 15) is 0 Å². The summed E-state index contributed by atoms with van der Waals surface area (Å²) >= 11 is 0. The molecule has 3 atom stereocenters. The maximum absolute atomic E-state index is 3.67. The SMILES string of the molecule is Cc1cc#cc2c1cc1c3c(N(C4=CCC(C(C)(C)C)C=C4)c4ccc(C(C)(C)C)cc4)c4c(C)c5c(cc4c(C(CCC4C=CC(C(C)(C)C)=CC4)c4ccc(C(C)(C)C)cc4)c3c3cccc2c31)c1cccc2cccc5c21. The van der Waals surface area contributed by atoms with Gasteiger partial charge < -0.3 is 4.90 Å². The zero-order chi connectivity index (χ0) is 55.9. The normalized spacial score (nSPS) is 17.0. The van der Waals surface area contributed by atoms with E-state index in [-0.39, 0.29) is 27.6 Å². The first-order valence-corrected chi connectivity index (χ1v) is 29.8. The minimum Gasteiger partial charge on any atom is -0.310 e. The van der Waals surface area contributed by atoms with Crippen LogP contribution in [-0.4, -0.2) is 0 Å². The first-order chi connectivity index (χ1) is 38.1. The Bertz CT molecular complexity index is 4380. The summed E-state index contributed by atoms with van der Waals surface area (Å²) in [5.74, 6) is 0.947. The van der Waals surface area contributed by atoms with Crippen LogP contribution < -0.4 is 4.90 Å². The number of hydrogen-bond donors (Lipinski definition) is 0. The quantitative estimate of drug-likeness (QED) is 0.147. The second-order valence-corrected chi connectivity index (χ2v) is 28.3. The summed E-state index contributed by atoms with van der Waals surface area (Å²) in [6, 6.07) is 55.0. The van der Waals surface area contributed by atoms with Crippen LogP contribution in [0.5, 0.6) is 0 Å². The van der Waals surface area contributed by atoms with Gasteiger partial charge in [-0.1, -0.05) is 217 Å². The van der Waals surface area contributed by atoms with Gasteiger partial charge in [-0.15, -0.1) is 0 Å². The predicted molar refractivity (Wildman–Crippen MR) is 349 cm³/mol. The largest absolute Gasteiger partial charge is 0.310 e. The van der Waals surface area contributed by atoms with Crippen molar-refractivity contribution in [1.82, 2.24) is 0 Å². The Morgan fingerprint density at radius 1 is 0.537 bits per heavy atom. The van der Waals surface area contributed by atoms with E-state index in [4.69, 9.17) is 0 Å². The highest BCUT2D eigenvalue weighted by molar-refractivity contribution is 6.42. The lowest BCUT2D eigenvalue weighted by Gasteiger charge is -2.35. The van der Waals surface area contributed by atoms with Gasteiger partial charge in [0.15, 0.2) is 0 Å². The fourth-order valence-corrected chi connectivity index (χ4v) is 14.4. The highest BCUT2D eigenvalue weighted by Crippen LogP contribution is 2.58. The molecule has 0 bridgehead atoms. The maximum Gasteiger partial charge on any atom is 0.0627 e. The first-order valence-electron chi connectivity index (χ1n) is 29.8. The molecular weight excluding hydrogens is 963 g/mol. The molecule has 1 heteroatoms. The Labute approximate surface area is 476 Å². The molecule has 80 heavy (non-hydrogen) atoms. The van der Waals surface area contributed by atoms with E-state index in [1.165, 1.54) is 137 Å². The van der Waals surface area contributed by atoms with Crippen molar-refractivity contribution in [2.24, 2.45) is 22.7 Å². The Balaban J connectivity index is 1.24. The summed E-state index contributed by atoms with van der Waals surface area (Å²) < 4.78 is 0. The van der Waals surface area contributed by atoms with E-state index in [2.05, 4.69) is 272 Å². The molecule has 2 aliphatic rings. The molecule has 2 aliphatic carbocycles. The molecule has 0 spiro atoms. The standard InChI is InChI=1S/C79H79N/c1-47-19-15-22-59-60-24-18-26-63-71(60)67(45-64(47)59)74-73(63)72(58(50-30-34-53(35-31-50)77(6,7)8)44-29-49-27-32-52(33-28-49)76(3,4)5)66-46-65-61-23-16-20-51-21-17-25-62(70(51)61)68(65)48(2)69(66)75(74)80(56-40-36-54(37-41-56)78(9,10)11)57-42-38-55(39-43-57)79(12,13)14/h16-21,23-27,30-38,40-43,45-46,49,55,58H,28-29,39,44H2,1-14H3. The zero-order valence-electron chi connectivity index (χ0n) is 50.0. The number of fused-ring (bicyclic) bond motifs is 9. The van der Waals surface area contributed by atoms with Crippen LogP contribution in [0.15, 0.2) is 169 Å². The number of allylic oxidation sites excluding steroid dienone is 7. The van der Waals surface area contributed by atoms with Crippen molar-refractivity contribution in [2.45, 2.75) is 139 Å². The van der Waals surface area contributed by atoms with Crippen LogP contribution in [-0.2, 0) is 10.8 Å². The van der Waals surface area contributed by atoms with Gasteiger partial charge in [0.2, 0.25) is 0 Å². The van der Waals surface area contributed by atoms with Gasteiger partial charge in [0.25, 0.3) is 0 Å². The average Bonchev–Trinajstić information content (AvgIpc) is 3.96. The van der Waals surface area contributed by atoms with Crippen molar-refractivity contribution in [3.63, 3.8) is 0 Å². The lowest BCUT2D eigenvalue weighted by molar-refractivity contribution is 0.293. The fourth-order valence-electron chi connectivity index (χ4n) is 14.4. The van der Waals surface area contributed by atoms with Crippen LogP contribution >= 0.6 is 0 Å². The molecule has 11 aromatic carbocycles. The topological polar surface area (TPSA) is 3.24 Å². The van der Waals surface area contributed by atoms with Gasteiger partial charge in [0.05, 0.1) is 5.69 Å². The predicted octanol–water partition coefficient (Wildman–Crippen LogP) is 22.7. The smallest absolute Gasteiger partial charge is 0.0627 e. The van der Waals surface area contributed by atoms with E-state index in [1.807, 2.05) is 0 Å². The van der Waals surface area contributed by atoms with Gasteiger partial charge in [-0.25, -0.2) is 0 Å². The molecule has 0 aliphatic heterocycles. The Kier molecular flexibility index (Phi) is 12.1. The number of rotatable bonds is 8. The number of nitrogens with zero attached hydrogens (tertiary/aromatic N) is 1. The zero-order valence-corrected chi connectivity index (χ0v) is 50.0. The highest BCUT2D eigenvalue weighted by atomic mass is 15.2. The van der Waals surface area contributed by atoms with Crippen molar-refractivity contribution in [1.29, 1.82) is 0 Å². The van der Waals surface area contributed by atoms with Crippen molar-refractivity contribution >= 4 is 97.6 Å². The van der Waals surface area contributed by atoms with Crippen molar-refractivity contribution in [3.05, 3.63) is 215 Å². The number of hydrogen-bond acceptors (Lipinski definition) is 1. The molecule has 0 amide bonds. The maximum atomic E-state index is 3.67. The highest BCUT2D eigenvalue weighted by Gasteiger charge is 2.35. The molecule has 0 aromatic heterocycles. The molecule has 0 radical (unpaired) electrons.